The third-order valence-corrected chi connectivity index (χ3v) is 5.35. The summed E-state index contributed by atoms with van der Waals surface area (Å²) >= 11 is 0. The summed E-state index contributed by atoms with van der Waals surface area (Å²) in [7, 11) is 1.67. The molecule has 0 bridgehead atoms. The number of rotatable bonds is 3. The number of nitrogens with zero attached hydrogens (tertiary/aromatic N) is 1. The number of hydrogen-bond donors (Lipinski definition) is 1. The number of fused-ring (bicyclic) bond motifs is 2. The number of halogens is 1. The van der Waals surface area contributed by atoms with Crippen LogP contribution in [0.15, 0.2) is 12.1 Å². The van der Waals surface area contributed by atoms with Gasteiger partial charge in [-0.05, 0) is 42.4 Å². The minimum absolute atomic E-state index is 0. The summed E-state index contributed by atoms with van der Waals surface area (Å²) in [6, 6.07) is 4.53. The lowest BCUT2D eigenvalue weighted by Gasteiger charge is -2.29. The van der Waals surface area contributed by atoms with Gasteiger partial charge in [-0.3, -0.25) is 4.90 Å². The zero-order chi connectivity index (χ0) is 15.1. The zero-order valence-electron chi connectivity index (χ0n) is 13.5. The molecule has 2 heterocycles. The molecule has 3 atom stereocenters. The summed E-state index contributed by atoms with van der Waals surface area (Å²) in [6.45, 7) is 3.47. The molecule has 0 amide bonds. The average Bonchev–Trinajstić information content (AvgIpc) is 3.13. The zero-order valence-corrected chi connectivity index (χ0v) is 14.3. The Morgan fingerprint density at radius 3 is 2.91 bits per heavy atom. The molecule has 5 nitrogen and oxygen atoms in total. The van der Waals surface area contributed by atoms with Gasteiger partial charge in [0.2, 0.25) is 12.5 Å². The molecule has 1 aromatic rings. The first kappa shape index (κ1) is 16.7. The molecule has 2 fully saturated rings. The highest BCUT2D eigenvalue weighted by atomic mass is 35.5. The number of benzene rings is 1. The molecule has 0 aromatic heterocycles. The van der Waals surface area contributed by atoms with Gasteiger partial charge in [-0.25, -0.2) is 0 Å². The van der Waals surface area contributed by atoms with E-state index in [1.54, 1.807) is 7.11 Å². The summed E-state index contributed by atoms with van der Waals surface area (Å²) in [5.41, 5.74) is 7.53. The first-order valence-corrected chi connectivity index (χ1v) is 8.19. The van der Waals surface area contributed by atoms with Crippen molar-refractivity contribution in [3.05, 3.63) is 17.7 Å². The minimum Gasteiger partial charge on any atom is -0.493 e. The smallest absolute Gasteiger partial charge is 0.231 e. The van der Waals surface area contributed by atoms with Gasteiger partial charge in [0.25, 0.3) is 0 Å². The maximum atomic E-state index is 6.31. The Labute approximate surface area is 143 Å². The second-order valence-corrected chi connectivity index (χ2v) is 6.74. The van der Waals surface area contributed by atoms with Crippen LogP contribution >= 0.6 is 12.4 Å². The van der Waals surface area contributed by atoms with Crippen molar-refractivity contribution in [2.45, 2.75) is 31.8 Å². The van der Waals surface area contributed by atoms with Crippen LogP contribution in [0.1, 0.15) is 24.8 Å². The van der Waals surface area contributed by atoms with Crippen LogP contribution < -0.4 is 19.9 Å². The number of likely N-dealkylation sites (tertiary alicyclic amines) is 1. The van der Waals surface area contributed by atoms with Crippen molar-refractivity contribution in [1.82, 2.24) is 4.90 Å². The first-order valence-electron chi connectivity index (χ1n) is 8.19. The second kappa shape index (κ2) is 6.75. The summed E-state index contributed by atoms with van der Waals surface area (Å²) in [6.07, 6.45) is 3.81. The lowest BCUT2D eigenvalue weighted by Crippen LogP contribution is -2.38. The summed E-state index contributed by atoms with van der Waals surface area (Å²) in [5, 5.41) is 0. The highest BCUT2D eigenvalue weighted by Crippen LogP contribution is 2.42. The van der Waals surface area contributed by atoms with Crippen LogP contribution in [0.25, 0.3) is 0 Å². The number of methoxy groups -OCH3 is 1. The fraction of sp³-hybridized carbons (Fsp3) is 0.647. The standard InChI is InChI=1S/C17H24N2O3.ClH/c1-20-15-5-11(6-16-17(15)22-10-21-16)7-19-8-12-3-2-4-14(18)13(12)9-19;/h5-6,12-14H,2-4,7-10,18H2,1H3;1H. The lowest BCUT2D eigenvalue weighted by molar-refractivity contribution is 0.171. The molecule has 1 saturated carbocycles. The Bertz CT molecular complexity index is 569. The molecule has 6 heteroatoms. The fourth-order valence-electron chi connectivity index (χ4n) is 4.27. The van der Waals surface area contributed by atoms with E-state index in [1.165, 1.54) is 24.8 Å². The van der Waals surface area contributed by atoms with E-state index >= 15 is 0 Å². The van der Waals surface area contributed by atoms with Crippen molar-refractivity contribution in [3.8, 4) is 17.2 Å². The molecule has 128 valence electrons. The number of hydrogen-bond acceptors (Lipinski definition) is 5. The first-order chi connectivity index (χ1) is 10.7. The maximum Gasteiger partial charge on any atom is 0.231 e. The van der Waals surface area contributed by atoms with Gasteiger partial charge in [-0.1, -0.05) is 6.42 Å². The van der Waals surface area contributed by atoms with Crippen molar-refractivity contribution >= 4 is 12.4 Å². The van der Waals surface area contributed by atoms with E-state index in [-0.39, 0.29) is 19.2 Å². The van der Waals surface area contributed by atoms with Gasteiger partial charge in [-0.15, -0.1) is 12.4 Å². The average molecular weight is 341 g/mol. The Hall–Kier alpha value is -1.17. The van der Waals surface area contributed by atoms with Crippen molar-refractivity contribution < 1.29 is 14.2 Å². The van der Waals surface area contributed by atoms with Crippen molar-refractivity contribution in [2.75, 3.05) is 27.0 Å². The molecule has 1 saturated heterocycles. The van der Waals surface area contributed by atoms with E-state index in [9.17, 15) is 0 Å². The molecule has 3 aliphatic rings. The molecule has 2 N–H and O–H groups in total. The van der Waals surface area contributed by atoms with Gasteiger partial charge in [0, 0.05) is 25.7 Å². The number of ether oxygens (including phenoxy) is 3. The predicted octanol–water partition coefficient (Wildman–Crippen LogP) is 2.40. The summed E-state index contributed by atoms with van der Waals surface area (Å²) in [5.74, 6) is 3.73. The van der Waals surface area contributed by atoms with Gasteiger partial charge in [0.1, 0.15) is 0 Å². The van der Waals surface area contributed by atoms with Gasteiger partial charge < -0.3 is 19.9 Å². The quantitative estimate of drug-likeness (QED) is 0.915. The van der Waals surface area contributed by atoms with Gasteiger partial charge >= 0.3 is 0 Å². The molecule has 0 spiro atoms. The van der Waals surface area contributed by atoms with Crippen molar-refractivity contribution in [3.63, 3.8) is 0 Å². The van der Waals surface area contributed by atoms with Crippen LogP contribution in [0.5, 0.6) is 17.2 Å². The Kier molecular flexibility index (Phi) is 4.90. The number of nitrogens with two attached hydrogens (primary N) is 1. The Balaban J connectivity index is 0.00000156. The van der Waals surface area contributed by atoms with Gasteiger partial charge in [0.15, 0.2) is 11.5 Å². The Morgan fingerprint density at radius 2 is 2.13 bits per heavy atom. The van der Waals surface area contributed by atoms with Crippen LogP contribution in [0.4, 0.5) is 0 Å². The van der Waals surface area contributed by atoms with Crippen LogP contribution in [0.2, 0.25) is 0 Å². The largest absolute Gasteiger partial charge is 0.493 e. The lowest BCUT2D eigenvalue weighted by atomic mass is 9.78. The van der Waals surface area contributed by atoms with E-state index in [0.29, 0.717) is 12.0 Å². The Morgan fingerprint density at radius 1 is 1.26 bits per heavy atom. The summed E-state index contributed by atoms with van der Waals surface area (Å²) < 4.78 is 16.4. The molecule has 4 rings (SSSR count). The highest BCUT2D eigenvalue weighted by molar-refractivity contribution is 5.85. The monoisotopic (exact) mass is 340 g/mol. The predicted molar refractivity (Wildman–Crippen MR) is 90.4 cm³/mol. The summed E-state index contributed by atoms with van der Waals surface area (Å²) in [4.78, 5) is 2.53. The molecular weight excluding hydrogens is 316 g/mol. The van der Waals surface area contributed by atoms with Crippen LogP contribution in [0, 0.1) is 11.8 Å². The van der Waals surface area contributed by atoms with Crippen LogP contribution in [-0.2, 0) is 6.54 Å². The molecule has 0 radical (unpaired) electrons. The normalized spacial score (nSPS) is 29.0. The maximum absolute atomic E-state index is 6.31. The van der Waals surface area contributed by atoms with Gasteiger partial charge in [0.05, 0.1) is 7.11 Å². The van der Waals surface area contributed by atoms with Crippen LogP contribution in [0.3, 0.4) is 0 Å². The van der Waals surface area contributed by atoms with Gasteiger partial charge in [-0.2, -0.15) is 0 Å². The van der Waals surface area contributed by atoms with Crippen molar-refractivity contribution in [2.24, 2.45) is 17.6 Å². The fourth-order valence-corrected chi connectivity index (χ4v) is 4.27. The third kappa shape index (κ3) is 3.10. The van der Waals surface area contributed by atoms with E-state index in [1.807, 2.05) is 0 Å². The van der Waals surface area contributed by atoms with E-state index in [2.05, 4.69) is 17.0 Å². The van der Waals surface area contributed by atoms with Crippen molar-refractivity contribution in [1.29, 1.82) is 0 Å². The topological polar surface area (TPSA) is 57.0 Å². The van der Waals surface area contributed by atoms with E-state index in [4.69, 9.17) is 19.9 Å². The minimum atomic E-state index is 0. The molecule has 2 aliphatic heterocycles. The third-order valence-electron chi connectivity index (χ3n) is 5.35. The molecule has 23 heavy (non-hydrogen) atoms. The molecule has 1 aliphatic carbocycles. The van der Waals surface area contributed by atoms with E-state index < -0.39 is 0 Å². The second-order valence-electron chi connectivity index (χ2n) is 6.74. The van der Waals surface area contributed by atoms with E-state index in [0.717, 1.165) is 42.8 Å². The SMILES string of the molecule is COc1cc(CN2CC3CCCC(N)C3C2)cc2c1OCO2.Cl. The molecule has 1 aromatic carbocycles. The molecular formula is C17H25ClN2O3. The molecule has 3 unspecified atom stereocenters. The highest BCUT2D eigenvalue weighted by Gasteiger charge is 2.38. The van der Waals surface area contributed by atoms with Crippen LogP contribution in [-0.4, -0.2) is 37.9 Å².